The van der Waals surface area contributed by atoms with Gasteiger partial charge in [-0.15, -0.1) is 0 Å². The Balaban J connectivity index is 1.65. The van der Waals surface area contributed by atoms with E-state index in [-0.39, 0.29) is 30.2 Å². The van der Waals surface area contributed by atoms with Crippen LogP contribution in [0.1, 0.15) is 42.1 Å². The molecule has 0 fully saturated rings. The summed E-state index contributed by atoms with van der Waals surface area (Å²) in [5.41, 5.74) is 13.2. The molecule has 2 aromatic heterocycles. The van der Waals surface area contributed by atoms with Gasteiger partial charge >= 0.3 is 0 Å². The number of carbonyl (C=O) groups excluding carboxylic acids is 2. The maximum absolute atomic E-state index is 13.6. The number of hydrazone groups is 1. The van der Waals surface area contributed by atoms with E-state index in [1.165, 1.54) is 10.9 Å². The third kappa shape index (κ3) is 4.28. The molecule has 0 spiro atoms. The molecule has 3 N–H and O–H groups in total. The van der Waals surface area contributed by atoms with Crippen LogP contribution in [0.15, 0.2) is 64.8 Å². The van der Waals surface area contributed by atoms with Crippen LogP contribution >= 0.6 is 0 Å². The number of amides is 2. The molecular weight excluding hydrogens is 458 g/mol. The zero-order valence-electron chi connectivity index (χ0n) is 19.8. The molecule has 0 bridgehead atoms. The lowest BCUT2D eigenvalue weighted by molar-refractivity contribution is -0.119. The summed E-state index contributed by atoms with van der Waals surface area (Å²) in [6.45, 7) is 1.74. The van der Waals surface area contributed by atoms with E-state index in [9.17, 15) is 14.4 Å². The number of nitrogens with zero attached hydrogens (tertiary/aromatic N) is 5. The third-order valence-electron chi connectivity index (χ3n) is 6.18. The van der Waals surface area contributed by atoms with E-state index in [0.717, 1.165) is 34.4 Å². The number of fused-ring (bicyclic) bond motifs is 1. The van der Waals surface area contributed by atoms with E-state index in [1.54, 1.807) is 4.52 Å². The molecule has 1 aliphatic heterocycles. The molecule has 4 aromatic rings. The lowest BCUT2D eigenvalue weighted by atomic mass is 9.91. The number of rotatable bonds is 8. The zero-order chi connectivity index (χ0) is 25.2. The van der Waals surface area contributed by atoms with Crippen LogP contribution < -0.4 is 16.7 Å². The van der Waals surface area contributed by atoms with Crippen LogP contribution in [0.3, 0.4) is 0 Å². The highest BCUT2D eigenvalue weighted by molar-refractivity contribution is 6.16. The molecule has 0 saturated heterocycles. The number of aryl methyl sites for hydroxylation is 1. The largest absolute Gasteiger partial charge is 0.368 e. The first-order valence-corrected chi connectivity index (χ1v) is 11.7. The number of nitrogens with two attached hydrogens (primary N) is 1. The summed E-state index contributed by atoms with van der Waals surface area (Å²) in [4.78, 5) is 41.4. The molecule has 10 nitrogen and oxygen atoms in total. The minimum Gasteiger partial charge on any atom is -0.368 e. The van der Waals surface area contributed by atoms with Crippen molar-refractivity contribution in [1.82, 2.24) is 24.6 Å². The van der Waals surface area contributed by atoms with Gasteiger partial charge in [-0.1, -0.05) is 55.8 Å². The van der Waals surface area contributed by atoms with Gasteiger partial charge in [0.15, 0.2) is 0 Å². The van der Waals surface area contributed by atoms with Crippen LogP contribution in [0.2, 0.25) is 0 Å². The fourth-order valence-electron chi connectivity index (χ4n) is 4.61. The van der Waals surface area contributed by atoms with Crippen molar-refractivity contribution in [1.29, 1.82) is 0 Å². The Morgan fingerprint density at radius 1 is 1.11 bits per heavy atom. The van der Waals surface area contributed by atoms with Crippen molar-refractivity contribution in [2.24, 2.45) is 10.8 Å². The smallest absolute Gasteiger partial charge is 0.259 e. The molecule has 36 heavy (non-hydrogen) atoms. The van der Waals surface area contributed by atoms with E-state index in [4.69, 9.17) is 5.73 Å². The molecule has 0 atom stereocenters. The third-order valence-corrected chi connectivity index (χ3v) is 6.18. The predicted octanol–water partition coefficient (Wildman–Crippen LogP) is 1.81. The number of hydrogen-bond acceptors (Lipinski definition) is 6. The van der Waals surface area contributed by atoms with Crippen LogP contribution in [0.25, 0.3) is 16.9 Å². The van der Waals surface area contributed by atoms with Crippen LogP contribution in [-0.2, 0) is 29.0 Å². The molecular formula is C26H25N7O3. The van der Waals surface area contributed by atoms with E-state index in [0.29, 0.717) is 24.1 Å². The Morgan fingerprint density at radius 2 is 1.92 bits per heavy atom. The summed E-state index contributed by atoms with van der Waals surface area (Å²) in [5, 5.41) is 8.56. The monoisotopic (exact) mass is 483 g/mol. The Kier molecular flexibility index (Phi) is 6.16. The first-order valence-electron chi connectivity index (χ1n) is 11.7. The van der Waals surface area contributed by atoms with Gasteiger partial charge in [-0.25, -0.2) is 9.94 Å². The van der Waals surface area contributed by atoms with Crippen molar-refractivity contribution in [3.63, 3.8) is 0 Å². The van der Waals surface area contributed by atoms with Crippen molar-refractivity contribution in [2.75, 3.05) is 0 Å². The van der Waals surface area contributed by atoms with Crippen molar-refractivity contribution in [2.45, 2.75) is 39.2 Å². The van der Waals surface area contributed by atoms with Crippen molar-refractivity contribution in [3.05, 3.63) is 87.6 Å². The molecule has 0 aliphatic carbocycles. The SMILES string of the molecule is CCCc1c(Cc2ccc(-c3ccccc3)c(C3=NNC(=O)C3)c2)c(=O)n(CC(N)=O)c2ncnn12. The highest BCUT2D eigenvalue weighted by Gasteiger charge is 2.23. The fraction of sp³-hybridized carbons (Fsp3) is 0.231. The summed E-state index contributed by atoms with van der Waals surface area (Å²) < 4.78 is 2.89. The Labute approximate surface area is 206 Å². The van der Waals surface area contributed by atoms with E-state index in [2.05, 4.69) is 20.6 Å². The molecule has 5 rings (SSSR count). The maximum Gasteiger partial charge on any atom is 0.259 e. The summed E-state index contributed by atoms with van der Waals surface area (Å²) in [5.74, 6) is -0.510. The topological polar surface area (TPSA) is 137 Å². The number of nitrogens with one attached hydrogen (secondary N) is 1. The fourth-order valence-corrected chi connectivity index (χ4v) is 4.61. The van der Waals surface area contributed by atoms with Crippen molar-refractivity contribution >= 4 is 23.3 Å². The number of benzene rings is 2. The van der Waals surface area contributed by atoms with Gasteiger partial charge < -0.3 is 5.73 Å². The quantitative estimate of drug-likeness (QED) is 0.394. The standard InChI is InChI=1S/C26H25N7O3/c1-2-6-22-20(25(36)32(14-23(27)34)26-28-15-29-33(22)26)12-16-9-10-18(17-7-4-3-5-8-17)19(11-16)21-13-24(35)31-30-21/h3-5,7-11,15H,2,6,12-14H2,1H3,(H2,27,34)(H,31,35). The van der Waals surface area contributed by atoms with Crippen LogP contribution in [0.5, 0.6) is 0 Å². The van der Waals surface area contributed by atoms with Gasteiger partial charge in [-0.05, 0) is 29.2 Å². The highest BCUT2D eigenvalue weighted by Crippen LogP contribution is 2.28. The van der Waals surface area contributed by atoms with Crippen LogP contribution in [-0.4, -0.2) is 36.7 Å². The Morgan fingerprint density at radius 3 is 2.61 bits per heavy atom. The average molecular weight is 484 g/mol. The second kappa shape index (κ2) is 9.57. The molecule has 0 unspecified atom stereocenters. The number of carbonyl (C=O) groups is 2. The highest BCUT2D eigenvalue weighted by atomic mass is 16.2. The second-order valence-corrected chi connectivity index (χ2v) is 8.70. The van der Waals surface area contributed by atoms with E-state index < -0.39 is 5.91 Å². The first kappa shape index (κ1) is 23.2. The summed E-state index contributed by atoms with van der Waals surface area (Å²) in [6.07, 6.45) is 3.26. The molecule has 182 valence electrons. The van der Waals surface area contributed by atoms with Crippen molar-refractivity contribution < 1.29 is 9.59 Å². The lowest BCUT2D eigenvalue weighted by Gasteiger charge is -2.16. The maximum atomic E-state index is 13.6. The van der Waals surface area contributed by atoms with Crippen LogP contribution in [0.4, 0.5) is 0 Å². The van der Waals surface area contributed by atoms with Gasteiger partial charge in [0.1, 0.15) is 12.9 Å². The average Bonchev–Trinajstić information content (AvgIpc) is 3.53. The van der Waals surface area contributed by atoms with E-state index in [1.807, 2.05) is 55.5 Å². The molecule has 0 radical (unpaired) electrons. The van der Waals surface area contributed by atoms with Crippen LogP contribution in [0, 0.1) is 0 Å². The number of primary amides is 1. The minimum absolute atomic E-state index is 0.161. The Hall–Kier alpha value is -4.60. The molecule has 3 heterocycles. The summed E-state index contributed by atoms with van der Waals surface area (Å²) >= 11 is 0. The molecule has 2 aromatic carbocycles. The van der Waals surface area contributed by atoms with Crippen molar-refractivity contribution in [3.8, 4) is 11.1 Å². The van der Waals surface area contributed by atoms with E-state index >= 15 is 0 Å². The second-order valence-electron chi connectivity index (χ2n) is 8.70. The van der Waals surface area contributed by atoms with Gasteiger partial charge in [0.2, 0.25) is 17.6 Å². The predicted molar refractivity (Wildman–Crippen MR) is 134 cm³/mol. The Bertz CT molecular complexity index is 1570. The van der Waals surface area contributed by atoms with Gasteiger partial charge in [-0.3, -0.25) is 19.0 Å². The lowest BCUT2D eigenvalue weighted by Crippen LogP contribution is -2.33. The zero-order valence-corrected chi connectivity index (χ0v) is 19.8. The van der Waals surface area contributed by atoms with Gasteiger partial charge in [0.25, 0.3) is 5.56 Å². The summed E-state index contributed by atoms with van der Waals surface area (Å²) in [7, 11) is 0. The molecule has 2 amide bonds. The van der Waals surface area contributed by atoms with Gasteiger partial charge in [-0.2, -0.15) is 15.2 Å². The number of aromatic nitrogens is 4. The molecule has 1 aliphatic rings. The summed E-state index contributed by atoms with van der Waals surface area (Å²) in [6, 6.07) is 15.8. The first-order chi connectivity index (χ1) is 17.5. The molecule has 10 heteroatoms. The van der Waals surface area contributed by atoms with Gasteiger partial charge in [0.05, 0.1) is 17.8 Å². The number of hydrogen-bond donors (Lipinski definition) is 2. The normalized spacial score (nSPS) is 13.1. The van der Waals surface area contributed by atoms with Gasteiger partial charge in [0, 0.05) is 17.5 Å². The molecule has 0 saturated carbocycles. The minimum atomic E-state index is -0.637.